The predicted molar refractivity (Wildman–Crippen MR) is 83.2 cm³/mol. The van der Waals surface area contributed by atoms with Gasteiger partial charge in [-0.05, 0) is 22.0 Å². The number of rotatable bonds is 4. The number of anilines is 1. The van der Waals surface area contributed by atoms with Gasteiger partial charge in [0.1, 0.15) is 0 Å². The maximum absolute atomic E-state index is 11.9. The highest BCUT2D eigenvalue weighted by Crippen LogP contribution is 2.27. The van der Waals surface area contributed by atoms with E-state index in [0.29, 0.717) is 16.6 Å². The molecule has 20 heavy (non-hydrogen) atoms. The molecule has 1 heterocycles. The number of amides is 1. The molecular formula is C12H14BrN3O3S. The smallest absolute Gasteiger partial charge is 0.270 e. The number of benzene rings is 1. The van der Waals surface area contributed by atoms with Gasteiger partial charge in [0.25, 0.3) is 5.69 Å². The van der Waals surface area contributed by atoms with Crippen molar-refractivity contribution in [1.82, 2.24) is 5.32 Å². The quantitative estimate of drug-likeness (QED) is 0.636. The van der Waals surface area contributed by atoms with Crippen LogP contribution in [-0.4, -0.2) is 34.9 Å². The Morgan fingerprint density at radius 3 is 3.00 bits per heavy atom. The number of hydrogen-bond donors (Lipinski definition) is 2. The van der Waals surface area contributed by atoms with E-state index >= 15 is 0 Å². The third kappa shape index (κ3) is 4.19. The second kappa shape index (κ2) is 7.05. The Labute approximate surface area is 129 Å². The van der Waals surface area contributed by atoms with E-state index in [2.05, 4.69) is 26.6 Å². The summed E-state index contributed by atoms with van der Waals surface area (Å²) in [6, 6.07) is 4.47. The van der Waals surface area contributed by atoms with Crippen molar-refractivity contribution in [1.29, 1.82) is 0 Å². The lowest BCUT2D eigenvalue weighted by Gasteiger charge is -2.22. The van der Waals surface area contributed by atoms with E-state index < -0.39 is 4.92 Å². The number of thioether (sulfide) groups is 1. The molecule has 0 aromatic heterocycles. The number of nitrogens with one attached hydrogen (secondary N) is 2. The average Bonchev–Trinajstić information content (AvgIpc) is 2.42. The summed E-state index contributed by atoms with van der Waals surface area (Å²) in [4.78, 5) is 22.1. The van der Waals surface area contributed by atoms with E-state index in [1.807, 2.05) is 11.8 Å². The minimum absolute atomic E-state index is 0.0137. The maximum Gasteiger partial charge on any atom is 0.270 e. The Morgan fingerprint density at radius 2 is 2.40 bits per heavy atom. The lowest BCUT2D eigenvalue weighted by Crippen LogP contribution is -2.39. The predicted octanol–water partition coefficient (Wildman–Crippen LogP) is 2.39. The van der Waals surface area contributed by atoms with Crippen LogP contribution in [0.15, 0.2) is 22.7 Å². The van der Waals surface area contributed by atoms with Crippen LogP contribution in [-0.2, 0) is 4.79 Å². The molecule has 0 radical (unpaired) electrons. The first kappa shape index (κ1) is 15.3. The summed E-state index contributed by atoms with van der Waals surface area (Å²) in [6.45, 7) is 0.920. The standard InChI is InChI=1S/C12H14BrN3O3S/c13-10-6-9(16(18)19)1-2-11(10)15-12(17)5-8-7-20-4-3-14-8/h1-2,6,8,14H,3-5,7H2,(H,15,17). The summed E-state index contributed by atoms with van der Waals surface area (Å²) in [5.41, 5.74) is 0.532. The van der Waals surface area contributed by atoms with Crippen LogP contribution < -0.4 is 10.6 Å². The van der Waals surface area contributed by atoms with Gasteiger partial charge in [0.05, 0.1) is 10.6 Å². The number of nitrogens with zero attached hydrogens (tertiary/aromatic N) is 1. The third-order valence-corrected chi connectivity index (χ3v) is 4.65. The molecule has 0 bridgehead atoms. The molecule has 2 N–H and O–H groups in total. The van der Waals surface area contributed by atoms with Crippen molar-refractivity contribution in [2.75, 3.05) is 23.4 Å². The van der Waals surface area contributed by atoms with Gasteiger partial charge in [-0.1, -0.05) is 0 Å². The first-order valence-corrected chi connectivity index (χ1v) is 8.06. The molecule has 2 rings (SSSR count). The molecule has 1 aliphatic heterocycles. The molecule has 0 aliphatic carbocycles. The number of halogens is 1. The molecular weight excluding hydrogens is 346 g/mol. The van der Waals surface area contributed by atoms with E-state index in [1.54, 1.807) is 0 Å². The second-order valence-electron chi connectivity index (χ2n) is 4.40. The highest BCUT2D eigenvalue weighted by molar-refractivity contribution is 9.10. The van der Waals surface area contributed by atoms with Crippen molar-refractivity contribution in [3.05, 3.63) is 32.8 Å². The molecule has 1 saturated heterocycles. The highest BCUT2D eigenvalue weighted by atomic mass is 79.9. The topological polar surface area (TPSA) is 84.3 Å². The third-order valence-electron chi connectivity index (χ3n) is 2.87. The molecule has 1 fully saturated rings. The monoisotopic (exact) mass is 359 g/mol. The van der Waals surface area contributed by atoms with E-state index in [-0.39, 0.29) is 17.6 Å². The Hall–Kier alpha value is -1.12. The van der Waals surface area contributed by atoms with E-state index in [0.717, 1.165) is 18.1 Å². The summed E-state index contributed by atoms with van der Waals surface area (Å²) in [5, 5.41) is 16.7. The van der Waals surface area contributed by atoms with Crippen LogP contribution in [0.1, 0.15) is 6.42 Å². The van der Waals surface area contributed by atoms with Crippen LogP contribution in [0.4, 0.5) is 11.4 Å². The van der Waals surface area contributed by atoms with Gasteiger partial charge in [-0.2, -0.15) is 11.8 Å². The number of carbonyl (C=O) groups is 1. The molecule has 8 heteroatoms. The van der Waals surface area contributed by atoms with Gasteiger partial charge in [-0.25, -0.2) is 0 Å². The zero-order chi connectivity index (χ0) is 14.5. The Bertz CT molecular complexity index is 521. The minimum Gasteiger partial charge on any atom is -0.325 e. The molecule has 1 amide bonds. The van der Waals surface area contributed by atoms with Crippen LogP contribution in [0, 0.1) is 10.1 Å². The van der Waals surface area contributed by atoms with Crippen LogP contribution in [0.5, 0.6) is 0 Å². The van der Waals surface area contributed by atoms with Crippen molar-refractivity contribution in [3.8, 4) is 0 Å². The Morgan fingerprint density at radius 1 is 1.60 bits per heavy atom. The van der Waals surface area contributed by atoms with Crippen molar-refractivity contribution in [2.45, 2.75) is 12.5 Å². The lowest BCUT2D eigenvalue weighted by atomic mass is 10.2. The molecule has 1 aromatic rings. The number of hydrogen-bond acceptors (Lipinski definition) is 5. The van der Waals surface area contributed by atoms with Crippen LogP contribution in [0.25, 0.3) is 0 Å². The van der Waals surface area contributed by atoms with Gasteiger partial charge < -0.3 is 10.6 Å². The highest BCUT2D eigenvalue weighted by Gasteiger charge is 2.17. The molecule has 6 nitrogen and oxygen atoms in total. The molecule has 0 saturated carbocycles. The molecule has 1 aliphatic rings. The minimum atomic E-state index is -0.473. The summed E-state index contributed by atoms with van der Waals surface area (Å²) in [5.74, 6) is 1.90. The second-order valence-corrected chi connectivity index (χ2v) is 6.40. The molecule has 1 atom stereocenters. The molecule has 0 spiro atoms. The van der Waals surface area contributed by atoms with E-state index in [1.165, 1.54) is 18.2 Å². The van der Waals surface area contributed by atoms with Gasteiger partial charge >= 0.3 is 0 Å². The van der Waals surface area contributed by atoms with Crippen molar-refractivity contribution < 1.29 is 9.72 Å². The summed E-state index contributed by atoms with van der Waals surface area (Å²) in [6.07, 6.45) is 0.399. The first-order valence-electron chi connectivity index (χ1n) is 6.11. The zero-order valence-corrected chi connectivity index (χ0v) is 13.0. The average molecular weight is 360 g/mol. The fourth-order valence-electron chi connectivity index (χ4n) is 1.89. The number of nitro benzene ring substituents is 1. The largest absolute Gasteiger partial charge is 0.325 e. The normalized spacial score (nSPS) is 18.6. The van der Waals surface area contributed by atoms with Crippen LogP contribution in [0.3, 0.4) is 0 Å². The maximum atomic E-state index is 11.9. The number of carbonyl (C=O) groups excluding carboxylic acids is 1. The molecule has 1 unspecified atom stereocenters. The molecule has 108 valence electrons. The van der Waals surface area contributed by atoms with Crippen molar-refractivity contribution >= 4 is 45.0 Å². The van der Waals surface area contributed by atoms with E-state index in [9.17, 15) is 14.9 Å². The Kier molecular flexibility index (Phi) is 5.38. The van der Waals surface area contributed by atoms with Crippen LogP contribution >= 0.6 is 27.7 Å². The van der Waals surface area contributed by atoms with Gasteiger partial charge in [-0.3, -0.25) is 14.9 Å². The van der Waals surface area contributed by atoms with Gasteiger partial charge in [-0.15, -0.1) is 0 Å². The number of nitro groups is 1. The van der Waals surface area contributed by atoms with E-state index in [4.69, 9.17) is 0 Å². The van der Waals surface area contributed by atoms with Gasteiger partial charge in [0, 0.05) is 47.1 Å². The first-order chi connectivity index (χ1) is 9.56. The summed E-state index contributed by atoms with van der Waals surface area (Å²) >= 11 is 5.06. The SMILES string of the molecule is O=C(CC1CSCCN1)Nc1ccc([N+](=O)[O-])cc1Br. The van der Waals surface area contributed by atoms with Crippen LogP contribution in [0.2, 0.25) is 0 Å². The van der Waals surface area contributed by atoms with Crippen molar-refractivity contribution in [3.63, 3.8) is 0 Å². The zero-order valence-electron chi connectivity index (χ0n) is 10.6. The summed E-state index contributed by atoms with van der Waals surface area (Å²) in [7, 11) is 0. The fourth-order valence-corrected chi connectivity index (χ4v) is 3.31. The van der Waals surface area contributed by atoms with Gasteiger partial charge in [0.2, 0.25) is 5.91 Å². The number of non-ortho nitro benzene ring substituents is 1. The fraction of sp³-hybridized carbons (Fsp3) is 0.417. The van der Waals surface area contributed by atoms with Crippen molar-refractivity contribution in [2.24, 2.45) is 0 Å². The van der Waals surface area contributed by atoms with Gasteiger partial charge in [0.15, 0.2) is 0 Å². The summed E-state index contributed by atoms with van der Waals surface area (Å²) < 4.78 is 0.506. The Balaban J connectivity index is 1.95. The lowest BCUT2D eigenvalue weighted by molar-refractivity contribution is -0.384. The molecule has 1 aromatic carbocycles.